The molecule has 2 aromatic rings. The Labute approximate surface area is 231 Å². The molecule has 7 heteroatoms. The molecule has 0 aromatic heterocycles. The summed E-state index contributed by atoms with van der Waals surface area (Å²) in [6.45, 7) is 12.1. The maximum absolute atomic E-state index is 13.1. The number of nitrogens with one attached hydrogen (secondary N) is 2. The van der Waals surface area contributed by atoms with E-state index in [0.29, 0.717) is 36.6 Å². The highest BCUT2D eigenvalue weighted by Crippen LogP contribution is 2.30. The van der Waals surface area contributed by atoms with Gasteiger partial charge < -0.3 is 20.5 Å². The number of amides is 1. The maximum atomic E-state index is 13.1. The summed E-state index contributed by atoms with van der Waals surface area (Å²) in [5, 5.41) is 24.1. The second-order valence-electron chi connectivity index (χ2n) is 8.98. The summed E-state index contributed by atoms with van der Waals surface area (Å²) in [5.41, 5.74) is 4.35. The van der Waals surface area contributed by atoms with Crippen LogP contribution in [0.1, 0.15) is 56.7 Å². The van der Waals surface area contributed by atoms with E-state index in [2.05, 4.69) is 17.2 Å². The highest BCUT2D eigenvalue weighted by molar-refractivity contribution is 5.94. The molecule has 0 bridgehead atoms. The first-order valence-corrected chi connectivity index (χ1v) is 13.4. The van der Waals surface area contributed by atoms with Crippen molar-refractivity contribution >= 4 is 11.9 Å². The molecule has 3 rings (SSSR count). The number of allylic oxidation sites excluding steroid dienone is 3. The van der Waals surface area contributed by atoms with Crippen LogP contribution in [0.15, 0.2) is 78.5 Å². The average Bonchev–Trinajstić information content (AvgIpc) is 2.95. The van der Waals surface area contributed by atoms with Gasteiger partial charge in [-0.2, -0.15) is 5.26 Å². The zero-order valence-corrected chi connectivity index (χ0v) is 23.3. The van der Waals surface area contributed by atoms with Crippen molar-refractivity contribution in [1.29, 1.82) is 5.26 Å². The van der Waals surface area contributed by atoms with E-state index in [4.69, 9.17) is 15.1 Å². The van der Waals surface area contributed by atoms with Gasteiger partial charge in [-0.05, 0) is 72.7 Å². The SMILES string of the molecule is C=CC1CC(/C=C/C#N)C(CC)=C(C(=O)NCc2cccc(Oc3ccc(CCC(=O)O)c(C)c3)c2)N1.CC. The Bertz CT molecular complexity index is 1260. The minimum atomic E-state index is -0.818. The molecular weight excluding hydrogens is 490 g/mol. The van der Waals surface area contributed by atoms with Crippen LogP contribution in [0.2, 0.25) is 0 Å². The fourth-order valence-electron chi connectivity index (χ4n) is 4.48. The van der Waals surface area contributed by atoms with Crippen LogP contribution < -0.4 is 15.4 Å². The summed E-state index contributed by atoms with van der Waals surface area (Å²) in [6.07, 6.45) is 7.12. The van der Waals surface area contributed by atoms with Crippen molar-refractivity contribution in [3.05, 3.63) is 95.2 Å². The van der Waals surface area contributed by atoms with Crippen LogP contribution >= 0.6 is 0 Å². The molecule has 3 N–H and O–H groups in total. The highest BCUT2D eigenvalue weighted by Gasteiger charge is 2.28. The van der Waals surface area contributed by atoms with Gasteiger partial charge in [0, 0.05) is 31.0 Å². The number of hydrogen-bond acceptors (Lipinski definition) is 5. The fourth-order valence-corrected chi connectivity index (χ4v) is 4.48. The van der Waals surface area contributed by atoms with Crippen molar-refractivity contribution in [3.63, 3.8) is 0 Å². The third-order valence-corrected chi connectivity index (χ3v) is 6.41. The number of hydrogen-bond donors (Lipinski definition) is 3. The van der Waals surface area contributed by atoms with Crippen molar-refractivity contribution in [3.8, 4) is 17.6 Å². The van der Waals surface area contributed by atoms with E-state index in [0.717, 1.165) is 28.7 Å². The van der Waals surface area contributed by atoms with Crippen LogP contribution in [0.5, 0.6) is 11.5 Å². The van der Waals surface area contributed by atoms with Gasteiger partial charge >= 0.3 is 5.97 Å². The molecule has 1 amide bonds. The molecule has 2 aromatic carbocycles. The normalized spacial score (nSPS) is 16.4. The second-order valence-corrected chi connectivity index (χ2v) is 8.98. The Morgan fingerprint density at radius 2 is 1.97 bits per heavy atom. The molecule has 1 aliphatic rings. The number of nitrogens with zero attached hydrogens (tertiary/aromatic N) is 1. The highest BCUT2D eigenvalue weighted by atomic mass is 16.5. The lowest BCUT2D eigenvalue weighted by atomic mass is 9.84. The number of aryl methyl sites for hydroxylation is 2. The second kappa shape index (κ2) is 15.8. The molecule has 0 fully saturated rings. The number of ether oxygens (including phenoxy) is 1. The summed E-state index contributed by atoms with van der Waals surface area (Å²) >= 11 is 0. The molecule has 39 heavy (non-hydrogen) atoms. The van der Waals surface area contributed by atoms with Crippen molar-refractivity contribution in [2.45, 2.75) is 66.0 Å². The van der Waals surface area contributed by atoms with Gasteiger partial charge in [0.1, 0.15) is 17.2 Å². The topological polar surface area (TPSA) is 111 Å². The van der Waals surface area contributed by atoms with Gasteiger partial charge in [-0.3, -0.25) is 9.59 Å². The van der Waals surface area contributed by atoms with Crippen molar-refractivity contribution in [2.24, 2.45) is 5.92 Å². The lowest BCUT2D eigenvalue weighted by molar-refractivity contribution is -0.137. The van der Waals surface area contributed by atoms with E-state index in [1.165, 1.54) is 6.08 Å². The van der Waals surface area contributed by atoms with Crippen molar-refractivity contribution in [1.82, 2.24) is 10.6 Å². The number of carbonyl (C=O) groups excluding carboxylic acids is 1. The standard InChI is InChI=1S/C30H33N3O4.C2H6/c1-4-24-18-23(9-7-15-31)27(5-2)29(33-24)30(36)32-19-21-8-6-10-25(17-21)37-26-13-11-22(20(3)16-26)12-14-28(34)35;1-2/h4,6-11,13,16-17,23-24,33H,1,5,12,14,18-19H2,2-3H3,(H,32,36)(H,34,35);1-2H3/b9-7+;. The van der Waals surface area contributed by atoms with Crippen LogP contribution in [0.3, 0.4) is 0 Å². The summed E-state index contributed by atoms with van der Waals surface area (Å²) in [6, 6.07) is 15.1. The van der Waals surface area contributed by atoms with Gasteiger partial charge in [0.05, 0.1) is 6.07 Å². The first-order valence-electron chi connectivity index (χ1n) is 13.4. The Kier molecular flexibility index (Phi) is 12.5. The number of aliphatic carboxylic acids is 1. The molecule has 2 unspecified atom stereocenters. The Morgan fingerprint density at radius 3 is 2.62 bits per heavy atom. The molecule has 7 nitrogen and oxygen atoms in total. The van der Waals surface area contributed by atoms with Gasteiger partial charge in [0.25, 0.3) is 5.91 Å². The number of rotatable bonds is 11. The van der Waals surface area contributed by atoms with Crippen molar-refractivity contribution in [2.75, 3.05) is 0 Å². The molecule has 2 atom stereocenters. The molecule has 206 valence electrons. The molecule has 0 saturated carbocycles. The molecule has 0 saturated heterocycles. The minimum Gasteiger partial charge on any atom is -0.481 e. The van der Waals surface area contributed by atoms with Crippen LogP contribution in [0.25, 0.3) is 0 Å². The van der Waals surface area contributed by atoms with Crippen LogP contribution in [0.4, 0.5) is 0 Å². The Morgan fingerprint density at radius 1 is 1.23 bits per heavy atom. The zero-order chi connectivity index (χ0) is 28.8. The van der Waals surface area contributed by atoms with E-state index < -0.39 is 5.97 Å². The van der Waals surface area contributed by atoms with E-state index in [1.807, 2.05) is 82.3 Å². The van der Waals surface area contributed by atoms with Crippen LogP contribution in [0, 0.1) is 24.2 Å². The number of benzene rings is 2. The summed E-state index contributed by atoms with van der Waals surface area (Å²) in [4.78, 5) is 24.0. The van der Waals surface area contributed by atoms with Crippen LogP contribution in [-0.4, -0.2) is 23.0 Å². The van der Waals surface area contributed by atoms with Gasteiger partial charge in [-0.15, -0.1) is 6.58 Å². The molecule has 0 radical (unpaired) electrons. The smallest absolute Gasteiger partial charge is 0.303 e. The van der Waals surface area contributed by atoms with Gasteiger partial charge in [-0.1, -0.05) is 51.1 Å². The lowest BCUT2D eigenvalue weighted by Gasteiger charge is -2.32. The molecule has 0 aliphatic carbocycles. The number of carboxylic acids is 1. The summed E-state index contributed by atoms with van der Waals surface area (Å²) in [5.74, 6) is 0.292. The minimum absolute atomic E-state index is 0.00495. The lowest BCUT2D eigenvalue weighted by Crippen LogP contribution is -2.42. The third-order valence-electron chi connectivity index (χ3n) is 6.41. The predicted octanol–water partition coefficient (Wildman–Crippen LogP) is 6.35. The number of carboxylic acid groups (broad SMARTS) is 1. The monoisotopic (exact) mass is 529 g/mol. The maximum Gasteiger partial charge on any atom is 0.303 e. The first kappa shape index (κ1) is 30.9. The quantitative estimate of drug-likeness (QED) is 0.231. The first-order chi connectivity index (χ1) is 18.8. The Balaban J connectivity index is 0.00000260. The molecule has 1 aliphatic heterocycles. The molecule has 0 spiro atoms. The van der Waals surface area contributed by atoms with Crippen molar-refractivity contribution < 1.29 is 19.4 Å². The van der Waals surface area contributed by atoms with E-state index in [-0.39, 0.29) is 24.3 Å². The van der Waals surface area contributed by atoms with Gasteiger partial charge in [0.15, 0.2) is 0 Å². The average molecular weight is 530 g/mol. The summed E-state index contributed by atoms with van der Waals surface area (Å²) in [7, 11) is 0. The van der Waals surface area contributed by atoms with Crippen LogP contribution in [-0.2, 0) is 22.6 Å². The van der Waals surface area contributed by atoms with E-state index >= 15 is 0 Å². The summed E-state index contributed by atoms with van der Waals surface area (Å²) < 4.78 is 6.02. The number of nitriles is 1. The van der Waals surface area contributed by atoms with E-state index in [9.17, 15) is 9.59 Å². The Hall–Kier alpha value is -4.31. The fraction of sp³-hybridized carbons (Fsp3) is 0.344. The van der Waals surface area contributed by atoms with E-state index in [1.54, 1.807) is 6.08 Å². The number of carbonyl (C=O) groups is 2. The third kappa shape index (κ3) is 9.19. The zero-order valence-electron chi connectivity index (χ0n) is 23.3. The predicted molar refractivity (Wildman–Crippen MR) is 154 cm³/mol. The molecule has 1 heterocycles. The molecular formula is C32H39N3O4. The van der Waals surface area contributed by atoms with Gasteiger partial charge in [0.2, 0.25) is 0 Å². The largest absolute Gasteiger partial charge is 0.481 e. The van der Waals surface area contributed by atoms with Gasteiger partial charge in [-0.25, -0.2) is 0 Å².